The van der Waals surface area contributed by atoms with Crippen LogP contribution in [-0.2, 0) is 27.1 Å². The fourth-order valence-electron chi connectivity index (χ4n) is 13.4. The zero-order chi connectivity index (χ0) is 40.4. The highest BCUT2D eigenvalue weighted by Gasteiger charge is 2.65. The van der Waals surface area contributed by atoms with E-state index in [9.17, 15) is 14.4 Å². The number of fused-ring (bicyclic) bond motifs is 11. The van der Waals surface area contributed by atoms with Crippen LogP contribution in [-0.4, -0.2) is 36.7 Å². The second-order valence-electron chi connectivity index (χ2n) is 18.9. The van der Waals surface area contributed by atoms with E-state index < -0.39 is 0 Å². The van der Waals surface area contributed by atoms with Crippen LogP contribution >= 0.6 is 0 Å². The molecule has 7 nitrogen and oxygen atoms in total. The normalized spacial score (nSPS) is 31.9. The molecule has 7 heteroatoms. The molecule has 0 radical (unpaired) electrons. The fourth-order valence-corrected chi connectivity index (χ4v) is 13.4. The average molecular weight is 793 g/mol. The number of aryl methyl sites for hydroxylation is 2. The predicted octanol–water partition coefficient (Wildman–Crippen LogP) is 10.8. The first kappa shape index (κ1) is 38.6. The van der Waals surface area contributed by atoms with E-state index in [1.165, 1.54) is 41.5 Å². The molecule has 306 valence electrons. The summed E-state index contributed by atoms with van der Waals surface area (Å²) in [6, 6.07) is 30.8. The maximum absolute atomic E-state index is 12.5. The molecule has 1 saturated heterocycles. The number of ketones is 1. The predicted molar refractivity (Wildman–Crippen MR) is 225 cm³/mol. The van der Waals surface area contributed by atoms with Crippen LogP contribution in [0.25, 0.3) is 0 Å². The van der Waals surface area contributed by atoms with E-state index >= 15 is 0 Å². The SMILES string of the molecule is C[C@]12CCC3c4ccc(OC(=O)c5ccccc5)cc4CCC3C1CCC21OCCO1.C[C@]12CCC3c4ccc(OC(=O)c5ccccc5)cc4CCC3C1CCC2=O. The quantitative estimate of drug-likeness (QED) is 0.150. The lowest BCUT2D eigenvalue weighted by molar-refractivity contribution is -0.237. The topological polar surface area (TPSA) is 88.1 Å². The lowest BCUT2D eigenvalue weighted by atomic mass is 9.55. The minimum absolute atomic E-state index is 0.0795. The van der Waals surface area contributed by atoms with Crippen LogP contribution in [0.2, 0.25) is 0 Å². The summed E-state index contributed by atoms with van der Waals surface area (Å²) >= 11 is 0. The molecular weight excluding hydrogens is 737 g/mol. The summed E-state index contributed by atoms with van der Waals surface area (Å²) in [6.45, 7) is 6.12. The molecule has 59 heavy (non-hydrogen) atoms. The van der Waals surface area contributed by atoms with Crippen LogP contribution in [0.15, 0.2) is 97.1 Å². The zero-order valence-corrected chi connectivity index (χ0v) is 34.5. The van der Waals surface area contributed by atoms with Gasteiger partial charge < -0.3 is 18.9 Å². The highest BCUT2D eigenvalue weighted by Crippen LogP contribution is 2.66. The van der Waals surface area contributed by atoms with Crippen LogP contribution < -0.4 is 9.47 Å². The molecule has 4 aromatic rings. The van der Waals surface area contributed by atoms with E-state index in [4.69, 9.17) is 18.9 Å². The number of Topliss-reactive ketones (excluding diaryl/α,β-unsaturated/α-hetero) is 1. The standard InChI is InChI=1S/C27H30O4.C25H26O3/c1-26-13-11-22-21-10-8-20(31-25(28)18-5-3-2-4-6-18)17-19(21)7-9-23(22)24(26)12-14-27(26)29-15-16-30-27;1-25-14-13-20-19-10-8-18(28-24(27)16-5-3-2-4-6-16)15-17(19)7-9-21(20)22(25)11-12-23(25)26/h2-6,8,10,17,22-24H,7,9,11-16H2,1H3;2-6,8,10,15,20-22H,7,9,11-14H2,1H3/t22?,23?,24?,26-;20?,21?,22?,25-/m00/s1. The van der Waals surface area contributed by atoms with Gasteiger partial charge in [-0.2, -0.15) is 0 Å². The fraction of sp³-hybridized carbons (Fsp3) is 0.481. The number of rotatable bonds is 4. The van der Waals surface area contributed by atoms with Crippen molar-refractivity contribution in [1.82, 2.24) is 0 Å². The van der Waals surface area contributed by atoms with E-state index in [1.807, 2.05) is 48.5 Å². The Kier molecular flexibility index (Phi) is 9.91. The molecule has 11 rings (SSSR count). The Labute approximate surface area is 348 Å². The van der Waals surface area contributed by atoms with E-state index in [0.29, 0.717) is 63.9 Å². The van der Waals surface area contributed by atoms with Crippen molar-refractivity contribution in [3.05, 3.63) is 130 Å². The summed E-state index contributed by atoms with van der Waals surface area (Å²) < 4.78 is 23.8. The molecule has 1 heterocycles. The number of benzene rings is 4. The lowest BCUT2D eigenvalue weighted by Crippen LogP contribution is -2.51. The second kappa shape index (κ2) is 15.1. The Bertz CT molecular complexity index is 2240. The van der Waals surface area contributed by atoms with Crippen LogP contribution in [0.5, 0.6) is 11.5 Å². The van der Waals surface area contributed by atoms with Gasteiger partial charge in [0.1, 0.15) is 17.3 Å². The molecule has 0 aromatic heterocycles. The Morgan fingerprint density at radius 3 is 1.66 bits per heavy atom. The first-order valence-corrected chi connectivity index (χ1v) is 22.3. The number of esters is 2. The highest BCUT2D eigenvalue weighted by atomic mass is 16.7. The van der Waals surface area contributed by atoms with Crippen LogP contribution in [0.3, 0.4) is 0 Å². The summed E-state index contributed by atoms with van der Waals surface area (Å²) in [5, 5.41) is 0. The van der Waals surface area contributed by atoms with Crippen LogP contribution in [0, 0.1) is 34.5 Å². The maximum atomic E-state index is 12.5. The lowest BCUT2D eigenvalue weighted by Gasteiger charge is -2.52. The third kappa shape index (κ3) is 6.59. The van der Waals surface area contributed by atoms with Gasteiger partial charge in [0.15, 0.2) is 5.79 Å². The first-order chi connectivity index (χ1) is 28.7. The molecule has 0 N–H and O–H groups in total. The highest BCUT2D eigenvalue weighted by molar-refractivity contribution is 5.91. The first-order valence-electron chi connectivity index (χ1n) is 22.3. The zero-order valence-electron chi connectivity index (χ0n) is 34.5. The van der Waals surface area contributed by atoms with E-state index in [2.05, 4.69) is 38.1 Å². The summed E-state index contributed by atoms with van der Waals surface area (Å²) in [5.74, 6) is 4.49. The molecular formula is C52H56O7. The third-order valence-corrected chi connectivity index (χ3v) is 16.3. The van der Waals surface area contributed by atoms with Crippen molar-refractivity contribution in [1.29, 1.82) is 0 Å². The molecule has 0 bridgehead atoms. The van der Waals surface area contributed by atoms with Gasteiger partial charge in [-0.05, 0) is 171 Å². The smallest absolute Gasteiger partial charge is 0.343 e. The third-order valence-electron chi connectivity index (χ3n) is 16.3. The molecule has 4 saturated carbocycles. The van der Waals surface area contributed by atoms with Gasteiger partial charge in [-0.1, -0.05) is 62.4 Å². The largest absolute Gasteiger partial charge is 0.423 e. The number of hydrogen-bond donors (Lipinski definition) is 0. The average Bonchev–Trinajstić information content (AvgIpc) is 3.96. The number of carbonyl (C=O) groups is 3. The van der Waals surface area contributed by atoms with Crippen molar-refractivity contribution in [3.8, 4) is 11.5 Å². The van der Waals surface area contributed by atoms with Crippen LogP contribution in [0.4, 0.5) is 0 Å². The van der Waals surface area contributed by atoms with Crippen molar-refractivity contribution in [2.24, 2.45) is 34.5 Å². The molecule has 0 amide bonds. The van der Waals surface area contributed by atoms with E-state index in [-0.39, 0.29) is 28.6 Å². The Hall–Kier alpha value is -4.59. The number of hydrogen-bond acceptors (Lipinski definition) is 7. The summed E-state index contributed by atoms with van der Waals surface area (Å²) in [4.78, 5) is 37.3. The van der Waals surface area contributed by atoms with Gasteiger partial charge in [0.2, 0.25) is 0 Å². The number of carbonyl (C=O) groups excluding carboxylic acids is 3. The summed E-state index contributed by atoms with van der Waals surface area (Å²) in [6.07, 6.45) is 12.9. The van der Waals surface area contributed by atoms with Gasteiger partial charge in [0.05, 0.1) is 24.3 Å². The van der Waals surface area contributed by atoms with E-state index in [0.717, 1.165) is 71.0 Å². The van der Waals surface area contributed by atoms with Gasteiger partial charge in [0.25, 0.3) is 0 Å². The van der Waals surface area contributed by atoms with Gasteiger partial charge in [0, 0.05) is 23.7 Å². The summed E-state index contributed by atoms with van der Waals surface area (Å²) in [7, 11) is 0. The molecule has 6 aliphatic carbocycles. The van der Waals surface area contributed by atoms with Gasteiger partial charge in [-0.3, -0.25) is 4.79 Å². The molecule has 8 atom stereocenters. The maximum Gasteiger partial charge on any atom is 0.343 e. The Morgan fingerprint density at radius 2 is 1.10 bits per heavy atom. The van der Waals surface area contributed by atoms with Crippen LogP contribution in [0.1, 0.15) is 133 Å². The number of ether oxygens (including phenoxy) is 4. The second-order valence-corrected chi connectivity index (χ2v) is 18.9. The van der Waals surface area contributed by atoms with Gasteiger partial charge in [-0.15, -0.1) is 0 Å². The van der Waals surface area contributed by atoms with Crippen molar-refractivity contribution < 1.29 is 33.3 Å². The van der Waals surface area contributed by atoms with E-state index in [1.54, 1.807) is 24.3 Å². The Balaban J connectivity index is 0.000000143. The van der Waals surface area contributed by atoms with Crippen molar-refractivity contribution in [3.63, 3.8) is 0 Å². The van der Waals surface area contributed by atoms with Crippen molar-refractivity contribution in [2.45, 2.75) is 109 Å². The van der Waals surface area contributed by atoms with Crippen molar-refractivity contribution in [2.75, 3.05) is 13.2 Å². The molecule has 1 spiro atoms. The summed E-state index contributed by atoms with van der Waals surface area (Å²) in [5.41, 5.74) is 6.74. The van der Waals surface area contributed by atoms with Crippen molar-refractivity contribution >= 4 is 17.7 Å². The Morgan fingerprint density at radius 1 is 0.576 bits per heavy atom. The molecule has 1 aliphatic heterocycles. The monoisotopic (exact) mass is 792 g/mol. The van der Waals surface area contributed by atoms with Gasteiger partial charge >= 0.3 is 11.9 Å². The molecule has 5 fully saturated rings. The minimum atomic E-state index is -0.335. The van der Waals surface area contributed by atoms with Gasteiger partial charge in [-0.25, -0.2) is 9.59 Å². The minimum Gasteiger partial charge on any atom is -0.423 e. The molecule has 7 aliphatic rings. The molecule has 4 aromatic carbocycles. The molecule has 6 unspecified atom stereocenters.